The molecule has 1 aliphatic carbocycles. The van der Waals surface area contributed by atoms with Crippen molar-refractivity contribution in [2.24, 2.45) is 0 Å². The Kier molecular flexibility index (Phi) is 5.68. The normalized spacial score (nSPS) is 13.9. The average Bonchev–Trinajstić information content (AvgIpc) is 3.16. The first-order valence-electron chi connectivity index (χ1n) is 8.37. The van der Waals surface area contributed by atoms with Crippen LogP contribution >= 0.6 is 22.7 Å². The molecule has 3 rings (SSSR count). The molecule has 4 nitrogen and oxygen atoms in total. The van der Waals surface area contributed by atoms with Crippen LogP contribution in [-0.4, -0.2) is 18.5 Å². The maximum atomic E-state index is 12.6. The maximum Gasteiger partial charge on any atom is 0.341 e. The molecule has 0 aliphatic heterocycles. The fourth-order valence-corrected chi connectivity index (χ4v) is 4.78. The topological polar surface area (TPSA) is 55.4 Å². The van der Waals surface area contributed by atoms with Gasteiger partial charge in [0, 0.05) is 4.88 Å². The number of hydrogen-bond donors (Lipinski definition) is 1. The van der Waals surface area contributed by atoms with Crippen molar-refractivity contribution in [1.82, 2.24) is 0 Å². The first-order chi connectivity index (χ1) is 11.7. The van der Waals surface area contributed by atoms with Gasteiger partial charge in [-0.2, -0.15) is 0 Å². The van der Waals surface area contributed by atoms with Crippen molar-refractivity contribution in [2.75, 3.05) is 11.9 Å². The molecule has 0 spiro atoms. The average molecular weight is 364 g/mol. The second-order valence-corrected chi connectivity index (χ2v) is 7.89. The summed E-state index contributed by atoms with van der Waals surface area (Å²) in [6, 6.07) is 3.63. The molecule has 0 aromatic carbocycles. The van der Waals surface area contributed by atoms with Crippen LogP contribution in [0.1, 0.15) is 63.1 Å². The summed E-state index contributed by atoms with van der Waals surface area (Å²) in [5.74, 6) is -0.469. The molecule has 0 saturated carbocycles. The molecular weight excluding hydrogens is 342 g/mol. The van der Waals surface area contributed by atoms with E-state index >= 15 is 0 Å². The zero-order valence-electron chi connectivity index (χ0n) is 13.7. The predicted molar refractivity (Wildman–Crippen MR) is 98.4 cm³/mol. The summed E-state index contributed by atoms with van der Waals surface area (Å²) in [6.45, 7) is 2.38. The van der Waals surface area contributed by atoms with E-state index in [1.165, 1.54) is 34.0 Å². The van der Waals surface area contributed by atoms with Crippen molar-refractivity contribution in [3.8, 4) is 0 Å². The minimum atomic E-state index is -0.308. The maximum absolute atomic E-state index is 12.6. The standard InChI is InChI=1S/C18H21NO3S2/c1-2-10-22-18(21)15-12-7-4-3-5-8-13(12)24-17(15)19-16(20)14-9-6-11-23-14/h6,9,11H,2-5,7-8,10H2,1H3,(H,19,20). The number of thiophene rings is 2. The number of ether oxygens (including phenoxy) is 1. The molecule has 1 aliphatic rings. The Morgan fingerprint density at radius 2 is 2.08 bits per heavy atom. The number of esters is 1. The van der Waals surface area contributed by atoms with Gasteiger partial charge in [0.05, 0.1) is 17.0 Å². The van der Waals surface area contributed by atoms with Gasteiger partial charge in [0.25, 0.3) is 5.91 Å². The molecule has 0 atom stereocenters. The predicted octanol–water partition coefficient (Wildman–Crippen LogP) is 4.90. The van der Waals surface area contributed by atoms with Gasteiger partial charge in [-0.3, -0.25) is 4.79 Å². The monoisotopic (exact) mass is 363 g/mol. The first-order valence-corrected chi connectivity index (χ1v) is 10.1. The minimum Gasteiger partial charge on any atom is -0.462 e. The van der Waals surface area contributed by atoms with E-state index in [4.69, 9.17) is 4.74 Å². The van der Waals surface area contributed by atoms with Crippen LogP contribution in [0.2, 0.25) is 0 Å². The molecule has 0 saturated heterocycles. The van der Waals surface area contributed by atoms with Crippen LogP contribution < -0.4 is 5.32 Å². The fourth-order valence-electron chi connectivity index (χ4n) is 2.89. The van der Waals surface area contributed by atoms with Crippen LogP contribution in [0.15, 0.2) is 17.5 Å². The van der Waals surface area contributed by atoms with Gasteiger partial charge in [0.15, 0.2) is 0 Å². The van der Waals surface area contributed by atoms with Crippen molar-refractivity contribution >= 4 is 39.6 Å². The van der Waals surface area contributed by atoms with Crippen molar-refractivity contribution < 1.29 is 14.3 Å². The van der Waals surface area contributed by atoms with E-state index in [0.717, 1.165) is 37.7 Å². The lowest BCUT2D eigenvalue weighted by molar-refractivity contribution is 0.0505. The number of carbonyl (C=O) groups excluding carboxylic acids is 2. The second kappa shape index (κ2) is 7.94. The number of fused-ring (bicyclic) bond motifs is 1. The van der Waals surface area contributed by atoms with Crippen molar-refractivity contribution in [3.63, 3.8) is 0 Å². The van der Waals surface area contributed by atoms with Crippen LogP contribution in [0.3, 0.4) is 0 Å². The molecule has 0 radical (unpaired) electrons. The third-order valence-electron chi connectivity index (χ3n) is 4.03. The summed E-state index contributed by atoms with van der Waals surface area (Å²) in [4.78, 5) is 26.8. The highest BCUT2D eigenvalue weighted by molar-refractivity contribution is 7.17. The Morgan fingerprint density at radius 3 is 2.83 bits per heavy atom. The second-order valence-electron chi connectivity index (χ2n) is 5.84. The van der Waals surface area contributed by atoms with E-state index in [1.54, 1.807) is 6.07 Å². The highest BCUT2D eigenvalue weighted by Crippen LogP contribution is 2.38. The van der Waals surface area contributed by atoms with Crippen LogP contribution in [0.25, 0.3) is 0 Å². The lowest BCUT2D eigenvalue weighted by Gasteiger charge is -2.08. The minimum absolute atomic E-state index is 0.161. The molecule has 1 N–H and O–H groups in total. The molecular formula is C18H21NO3S2. The van der Waals surface area contributed by atoms with E-state index in [1.807, 2.05) is 18.4 Å². The molecule has 128 valence electrons. The molecule has 24 heavy (non-hydrogen) atoms. The number of nitrogens with one attached hydrogen (secondary N) is 1. The Labute approximate surface area is 149 Å². The lowest BCUT2D eigenvalue weighted by Crippen LogP contribution is -2.14. The van der Waals surface area contributed by atoms with Gasteiger partial charge in [0.2, 0.25) is 0 Å². The van der Waals surface area contributed by atoms with Gasteiger partial charge in [-0.25, -0.2) is 4.79 Å². The molecule has 2 aromatic heterocycles. The van der Waals surface area contributed by atoms with E-state index in [-0.39, 0.29) is 11.9 Å². The van der Waals surface area contributed by atoms with Crippen molar-refractivity contribution in [3.05, 3.63) is 38.4 Å². The number of amides is 1. The Balaban J connectivity index is 1.92. The largest absolute Gasteiger partial charge is 0.462 e. The Hall–Kier alpha value is -1.66. The number of anilines is 1. The summed E-state index contributed by atoms with van der Waals surface area (Å²) >= 11 is 2.93. The highest BCUT2D eigenvalue weighted by atomic mass is 32.1. The van der Waals surface area contributed by atoms with Crippen molar-refractivity contribution in [2.45, 2.75) is 45.4 Å². The third kappa shape index (κ3) is 3.70. The molecule has 0 fully saturated rings. The summed E-state index contributed by atoms with van der Waals surface area (Å²) in [5.41, 5.74) is 1.66. The van der Waals surface area contributed by atoms with Crippen LogP contribution in [-0.2, 0) is 17.6 Å². The smallest absolute Gasteiger partial charge is 0.341 e. The molecule has 1 amide bonds. The summed E-state index contributed by atoms with van der Waals surface area (Å²) < 4.78 is 5.37. The first kappa shape index (κ1) is 17.2. The van der Waals surface area contributed by atoms with Crippen LogP contribution in [0.4, 0.5) is 5.00 Å². The summed E-state index contributed by atoms with van der Waals surface area (Å²) in [5, 5.41) is 5.45. The van der Waals surface area contributed by atoms with Gasteiger partial charge in [-0.1, -0.05) is 19.4 Å². The fraction of sp³-hybridized carbons (Fsp3) is 0.444. The number of rotatable bonds is 5. The molecule has 2 aromatic rings. The Morgan fingerprint density at radius 1 is 1.25 bits per heavy atom. The van der Waals surface area contributed by atoms with Crippen LogP contribution in [0.5, 0.6) is 0 Å². The molecule has 2 heterocycles. The van der Waals surface area contributed by atoms with E-state index in [2.05, 4.69) is 5.32 Å². The van der Waals surface area contributed by atoms with Gasteiger partial charge in [-0.05, 0) is 49.1 Å². The molecule has 0 bridgehead atoms. The van der Waals surface area contributed by atoms with Gasteiger partial charge in [0.1, 0.15) is 5.00 Å². The SMILES string of the molecule is CCCOC(=O)c1c(NC(=O)c2cccs2)sc2c1CCCCC2. The van der Waals surface area contributed by atoms with Gasteiger partial charge < -0.3 is 10.1 Å². The number of carbonyl (C=O) groups is 2. The molecule has 6 heteroatoms. The lowest BCUT2D eigenvalue weighted by atomic mass is 10.1. The zero-order valence-corrected chi connectivity index (χ0v) is 15.4. The quantitative estimate of drug-likeness (QED) is 0.607. The van der Waals surface area contributed by atoms with E-state index < -0.39 is 0 Å². The van der Waals surface area contributed by atoms with Gasteiger partial charge in [-0.15, -0.1) is 22.7 Å². The summed E-state index contributed by atoms with van der Waals surface area (Å²) in [6.07, 6.45) is 6.04. The molecule has 0 unspecified atom stereocenters. The summed E-state index contributed by atoms with van der Waals surface area (Å²) in [7, 11) is 0. The van der Waals surface area contributed by atoms with Crippen molar-refractivity contribution in [1.29, 1.82) is 0 Å². The van der Waals surface area contributed by atoms with Crippen LogP contribution in [0, 0.1) is 0 Å². The zero-order chi connectivity index (χ0) is 16.9. The highest BCUT2D eigenvalue weighted by Gasteiger charge is 2.27. The Bertz CT molecular complexity index is 719. The van der Waals surface area contributed by atoms with E-state index in [9.17, 15) is 9.59 Å². The third-order valence-corrected chi connectivity index (χ3v) is 6.11. The van der Waals surface area contributed by atoms with E-state index in [0.29, 0.717) is 22.0 Å². The number of aryl methyl sites for hydroxylation is 1. The van der Waals surface area contributed by atoms with Gasteiger partial charge >= 0.3 is 5.97 Å². The number of hydrogen-bond acceptors (Lipinski definition) is 5.